The second-order valence-corrected chi connectivity index (χ2v) is 4.77. The van der Waals surface area contributed by atoms with Crippen LogP contribution in [-0.4, -0.2) is 23.1 Å². The highest BCUT2D eigenvalue weighted by atomic mass is 19.4. The molecule has 0 amide bonds. The van der Waals surface area contributed by atoms with Gasteiger partial charge >= 0.3 is 6.18 Å². The third-order valence-corrected chi connectivity index (χ3v) is 3.02. The molecule has 0 radical (unpaired) electrons. The van der Waals surface area contributed by atoms with Crippen LogP contribution in [0.15, 0.2) is 6.07 Å². The zero-order valence-corrected chi connectivity index (χ0v) is 12.4. The molecule has 0 saturated carbocycles. The summed E-state index contributed by atoms with van der Waals surface area (Å²) in [5.41, 5.74) is 1.11. The quantitative estimate of drug-likeness (QED) is 0.570. The number of hydrogen-bond acceptors (Lipinski definition) is 5. The predicted octanol–water partition coefficient (Wildman–Crippen LogP) is 3.19. The first kappa shape index (κ1) is 17.5. The average molecular weight is 305 g/mol. The van der Waals surface area contributed by atoms with Gasteiger partial charge in [0.2, 0.25) is 5.95 Å². The minimum absolute atomic E-state index is 0.224. The van der Waals surface area contributed by atoms with Crippen molar-refractivity contribution in [1.29, 1.82) is 0 Å². The SMILES string of the molecule is CCCCN(CCCC)c1cc(C(F)(F)F)nc(NN)n1. The number of nitrogens with two attached hydrogens (primary N) is 1. The Morgan fingerprint density at radius 3 is 2.14 bits per heavy atom. The predicted molar refractivity (Wildman–Crippen MR) is 76.9 cm³/mol. The fraction of sp³-hybridized carbons (Fsp3) is 0.692. The van der Waals surface area contributed by atoms with Crippen molar-refractivity contribution in [2.75, 3.05) is 23.4 Å². The number of rotatable bonds is 8. The van der Waals surface area contributed by atoms with Gasteiger partial charge in [-0.15, -0.1) is 0 Å². The maximum absolute atomic E-state index is 12.9. The van der Waals surface area contributed by atoms with Gasteiger partial charge < -0.3 is 4.90 Å². The summed E-state index contributed by atoms with van der Waals surface area (Å²) < 4.78 is 38.6. The van der Waals surface area contributed by atoms with E-state index in [1.165, 1.54) is 0 Å². The average Bonchev–Trinajstić information content (AvgIpc) is 2.46. The largest absolute Gasteiger partial charge is 0.433 e. The first-order valence-corrected chi connectivity index (χ1v) is 7.10. The molecule has 1 heterocycles. The van der Waals surface area contributed by atoms with Crippen molar-refractivity contribution in [3.63, 3.8) is 0 Å². The molecule has 0 bridgehead atoms. The van der Waals surface area contributed by atoms with Crippen LogP contribution in [0.4, 0.5) is 24.9 Å². The lowest BCUT2D eigenvalue weighted by Gasteiger charge is -2.24. The summed E-state index contributed by atoms with van der Waals surface area (Å²) in [7, 11) is 0. The van der Waals surface area contributed by atoms with E-state index in [2.05, 4.69) is 15.4 Å². The summed E-state index contributed by atoms with van der Waals surface area (Å²) >= 11 is 0. The zero-order valence-electron chi connectivity index (χ0n) is 12.4. The molecule has 0 aromatic carbocycles. The van der Waals surface area contributed by atoms with E-state index in [-0.39, 0.29) is 11.8 Å². The first-order chi connectivity index (χ1) is 9.92. The lowest BCUT2D eigenvalue weighted by Crippen LogP contribution is -2.28. The van der Waals surface area contributed by atoms with Gasteiger partial charge in [0, 0.05) is 19.2 Å². The minimum atomic E-state index is -4.52. The number of halogens is 3. The second kappa shape index (κ2) is 8.02. The van der Waals surface area contributed by atoms with Crippen molar-refractivity contribution in [3.05, 3.63) is 11.8 Å². The number of nitrogens with zero attached hydrogens (tertiary/aromatic N) is 3. The molecule has 0 saturated heterocycles. The summed E-state index contributed by atoms with van der Waals surface area (Å²) in [5.74, 6) is 5.20. The van der Waals surface area contributed by atoms with Crippen molar-refractivity contribution in [2.24, 2.45) is 5.84 Å². The Bertz CT molecular complexity index is 428. The smallest absolute Gasteiger partial charge is 0.356 e. The molecular formula is C13H22F3N5. The summed E-state index contributed by atoms with van der Waals surface area (Å²) in [6.45, 7) is 5.39. The molecule has 8 heteroatoms. The van der Waals surface area contributed by atoms with Gasteiger partial charge in [-0.05, 0) is 12.8 Å². The number of hydrazine groups is 1. The monoisotopic (exact) mass is 305 g/mol. The summed E-state index contributed by atoms with van der Waals surface area (Å²) in [5, 5.41) is 0. The number of hydrogen-bond donors (Lipinski definition) is 2. The number of nitrogen functional groups attached to an aromatic ring is 1. The number of anilines is 2. The van der Waals surface area contributed by atoms with Crippen LogP contribution in [0.3, 0.4) is 0 Å². The molecule has 120 valence electrons. The third-order valence-electron chi connectivity index (χ3n) is 3.02. The normalized spacial score (nSPS) is 11.5. The van der Waals surface area contributed by atoms with Gasteiger partial charge in [0.15, 0.2) is 5.69 Å². The van der Waals surface area contributed by atoms with E-state index in [0.717, 1.165) is 31.7 Å². The molecule has 0 atom stereocenters. The molecule has 1 rings (SSSR count). The first-order valence-electron chi connectivity index (χ1n) is 7.10. The van der Waals surface area contributed by atoms with Crippen molar-refractivity contribution in [2.45, 2.75) is 45.7 Å². The highest BCUT2D eigenvalue weighted by Crippen LogP contribution is 2.30. The van der Waals surface area contributed by atoms with E-state index in [0.29, 0.717) is 13.1 Å². The Balaban J connectivity index is 3.09. The molecule has 0 aliphatic heterocycles. The van der Waals surface area contributed by atoms with E-state index < -0.39 is 11.9 Å². The molecule has 1 aromatic rings. The summed E-state index contributed by atoms with van der Waals surface area (Å²) in [6.07, 6.45) is -0.824. The molecule has 1 aromatic heterocycles. The molecule has 0 aliphatic carbocycles. The van der Waals surface area contributed by atoms with E-state index in [9.17, 15) is 13.2 Å². The highest BCUT2D eigenvalue weighted by Gasteiger charge is 2.34. The highest BCUT2D eigenvalue weighted by molar-refractivity contribution is 5.45. The van der Waals surface area contributed by atoms with Crippen LogP contribution in [0.2, 0.25) is 0 Å². The summed E-state index contributed by atoms with van der Waals surface area (Å²) in [4.78, 5) is 9.27. The van der Waals surface area contributed by atoms with E-state index in [4.69, 9.17) is 5.84 Å². The van der Waals surface area contributed by atoms with Gasteiger partial charge in [0.05, 0.1) is 0 Å². The van der Waals surface area contributed by atoms with Gasteiger partial charge in [-0.1, -0.05) is 26.7 Å². The topological polar surface area (TPSA) is 67.1 Å². The molecule has 0 fully saturated rings. The van der Waals surface area contributed by atoms with Crippen LogP contribution < -0.4 is 16.2 Å². The van der Waals surface area contributed by atoms with Crippen LogP contribution in [0, 0.1) is 0 Å². The maximum atomic E-state index is 12.9. The van der Waals surface area contributed by atoms with Crippen LogP contribution in [0.5, 0.6) is 0 Å². The van der Waals surface area contributed by atoms with Crippen molar-refractivity contribution < 1.29 is 13.2 Å². The Kier molecular flexibility index (Phi) is 6.67. The van der Waals surface area contributed by atoms with Gasteiger partial charge in [-0.2, -0.15) is 18.2 Å². The van der Waals surface area contributed by atoms with Crippen molar-refractivity contribution in [1.82, 2.24) is 9.97 Å². The number of unbranched alkanes of at least 4 members (excludes halogenated alkanes) is 2. The maximum Gasteiger partial charge on any atom is 0.433 e. The van der Waals surface area contributed by atoms with Gasteiger partial charge in [-0.3, -0.25) is 5.43 Å². The van der Waals surface area contributed by atoms with Crippen molar-refractivity contribution in [3.8, 4) is 0 Å². The van der Waals surface area contributed by atoms with Gasteiger partial charge in [-0.25, -0.2) is 10.8 Å². The lowest BCUT2D eigenvalue weighted by atomic mass is 10.2. The van der Waals surface area contributed by atoms with Crippen molar-refractivity contribution >= 4 is 11.8 Å². The summed E-state index contributed by atoms with van der Waals surface area (Å²) in [6, 6.07) is 0.978. The fourth-order valence-electron chi connectivity index (χ4n) is 1.85. The molecular weight excluding hydrogens is 283 g/mol. The van der Waals surface area contributed by atoms with Crippen LogP contribution in [-0.2, 0) is 6.18 Å². The minimum Gasteiger partial charge on any atom is -0.356 e. The second-order valence-electron chi connectivity index (χ2n) is 4.77. The van der Waals surface area contributed by atoms with Crippen LogP contribution in [0.1, 0.15) is 45.2 Å². The Labute approximate surface area is 122 Å². The third kappa shape index (κ3) is 5.37. The van der Waals surface area contributed by atoms with Crippen LogP contribution in [0.25, 0.3) is 0 Å². The van der Waals surface area contributed by atoms with E-state index in [1.54, 1.807) is 0 Å². The fourth-order valence-corrected chi connectivity index (χ4v) is 1.85. The molecule has 5 nitrogen and oxygen atoms in total. The lowest BCUT2D eigenvalue weighted by molar-refractivity contribution is -0.141. The van der Waals surface area contributed by atoms with Crippen LogP contribution >= 0.6 is 0 Å². The Morgan fingerprint density at radius 1 is 1.14 bits per heavy atom. The van der Waals surface area contributed by atoms with E-state index >= 15 is 0 Å². The Hall–Kier alpha value is -1.57. The zero-order chi connectivity index (χ0) is 15.9. The van der Waals surface area contributed by atoms with E-state index in [1.807, 2.05) is 18.7 Å². The Morgan fingerprint density at radius 2 is 1.71 bits per heavy atom. The molecule has 0 spiro atoms. The number of aromatic nitrogens is 2. The molecule has 3 N–H and O–H groups in total. The molecule has 21 heavy (non-hydrogen) atoms. The molecule has 0 aliphatic rings. The van der Waals surface area contributed by atoms with Gasteiger partial charge in [0.25, 0.3) is 0 Å². The standard InChI is InChI=1S/C13H22F3N5/c1-3-5-7-21(8-6-4-2)11-9-10(13(14,15)16)18-12(19-11)20-17/h9H,3-8,17H2,1-2H3,(H,18,19,20). The number of nitrogens with one attached hydrogen (secondary N) is 1. The molecule has 0 unspecified atom stereocenters. The van der Waals surface area contributed by atoms with Gasteiger partial charge in [0.1, 0.15) is 5.82 Å². The number of alkyl halides is 3.